The highest BCUT2D eigenvalue weighted by molar-refractivity contribution is 14.1. The van der Waals surface area contributed by atoms with Crippen molar-refractivity contribution in [2.45, 2.75) is 18.9 Å². The van der Waals surface area contributed by atoms with Gasteiger partial charge >= 0.3 is 0 Å². The van der Waals surface area contributed by atoms with Crippen LogP contribution in [0, 0.1) is 3.57 Å². The quantitative estimate of drug-likeness (QED) is 0.803. The number of nitrogens with one attached hydrogen (secondary N) is 1. The van der Waals surface area contributed by atoms with Gasteiger partial charge in [-0.3, -0.25) is 4.79 Å². The number of carbonyl (C=O) groups excluding carboxylic acids is 1. The molecule has 1 amide bonds. The lowest BCUT2D eigenvalue weighted by atomic mass is 10.0. The third-order valence-electron chi connectivity index (χ3n) is 3.36. The molecule has 0 atom stereocenters. The fraction of sp³-hybridized carbons (Fsp3) is 0.462. The van der Waals surface area contributed by atoms with Crippen molar-refractivity contribution < 1.29 is 4.79 Å². The summed E-state index contributed by atoms with van der Waals surface area (Å²) in [6.45, 7) is 1.63. The summed E-state index contributed by atoms with van der Waals surface area (Å²) in [6.07, 6.45) is 2.03. The lowest BCUT2D eigenvalue weighted by Gasteiger charge is -2.31. The summed E-state index contributed by atoms with van der Waals surface area (Å²) in [5.74, 6) is 0.0860. The monoisotopic (exact) mass is 378 g/mol. The van der Waals surface area contributed by atoms with Crippen LogP contribution in [0.5, 0.6) is 0 Å². The van der Waals surface area contributed by atoms with Gasteiger partial charge in [-0.15, -0.1) is 0 Å². The molecule has 0 saturated carbocycles. The molecule has 0 unspecified atom stereocenters. The molecule has 1 N–H and O–H groups in total. The van der Waals surface area contributed by atoms with Crippen molar-refractivity contribution in [2.75, 3.05) is 20.1 Å². The highest BCUT2D eigenvalue weighted by atomic mass is 127. The number of likely N-dealkylation sites (tertiary alicyclic amines) is 1. The predicted molar refractivity (Wildman–Crippen MR) is 82.2 cm³/mol. The molecular formula is C13H16ClIN2O. The zero-order chi connectivity index (χ0) is 13.1. The number of nitrogens with zero attached hydrogens (tertiary/aromatic N) is 1. The van der Waals surface area contributed by atoms with Gasteiger partial charge in [-0.05, 0) is 60.7 Å². The van der Waals surface area contributed by atoms with Crippen LogP contribution in [-0.4, -0.2) is 37.0 Å². The summed E-state index contributed by atoms with van der Waals surface area (Å²) < 4.78 is 0.972. The molecule has 1 aliphatic heterocycles. The number of benzene rings is 1. The van der Waals surface area contributed by atoms with E-state index in [0.717, 1.165) is 29.5 Å². The van der Waals surface area contributed by atoms with Gasteiger partial charge in [0, 0.05) is 28.3 Å². The molecule has 1 fully saturated rings. The van der Waals surface area contributed by atoms with Crippen LogP contribution >= 0.6 is 34.2 Å². The van der Waals surface area contributed by atoms with E-state index in [9.17, 15) is 4.79 Å². The maximum absolute atomic E-state index is 12.3. The first-order valence-electron chi connectivity index (χ1n) is 6.03. The Morgan fingerprint density at radius 2 is 2.11 bits per heavy atom. The zero-order valence-electron chi connectivity index (χ0n) is 10.2. The van der Waals surface area contributed by atoms with E-state index in [4.69, 9.17) is 11.6 Å². The molecule has 1 heterocycles. The van der Waals surface area contributed by atoms with Crippen LogP contribution in [0.1, 0.15) is 23.2 Å². The molecule has 0 bridgehead atoms. The SMILES string of the molecule is CNC1CCN(C(=O)c2ccc(I)c(Cl)c2)CC1. The van der Waals surface area contributed by atoms with Gasteiger partial charge in [0.25, 0.3) is 5.91 Å². The van der Waals surface area contributed by atoms with Crippen LogP contribution in [0.4, 0.5) is 0 Å². The molecule has 0 spiro atoms. The summed E-state index contributed by atoms with van der Waals surface area (Å²) in [6, 6.07) is 6.03. The minimum atomic E-state index is 0.0860. The number of carbonyl (C=O) groups is 1. The molecule has 1 aliphatic rings. The summed E-state index contributed by atoms with van der Waals surface area (Å²) >= 11 is 8.22. The lowest BCUT2D eigenvalue weighted by Crippen LogP contribution is -2.43. The van der Waals surface area contributed by atoms with Crippen molar-refractivity contribution >= 4 is 40.1 Å². The summed E-state index contributed by atoms with van der Waals surface area (Å²) in [4.78, 5) is 14.2. The standard InChI is InChI=1S/C13H16ClIN2O/c1-16-10-4-6-17(7-5-10)13(18)9-2-3-12(15)11(14)8-9/h2-3,8,10,16H,4-7H2,1H3. The number of rotatable bonds is 2. The maximum Gasteiger partial charge on any atom is 0.253 e. The van der Waals surface area contributed by atoms with Crippen LogP contribution in [-0.2, 0) is 0 Å². The molecule has 2 rings (SSSR count). The van der Waals surface area contributed by atoms with Gasteiger partial charge < -0.3 is 10.2 Å². The van der Waals surface area contributed by atoms with E-state index in [0.29, 0.717) is 16.6 Å². The molecule has 98 valence electrons. The van der Waals surface area contributed by atoms with Crippen molar-refractivity contribution in [2.24, 2.45) is 0 Å². The first-order chi connectivity index (χ1) is 8.61. The number of hydrogen-bond donors (Lipinski definition) is 1. The lowest BCUT2D eigenvalue weighted by molar-refractivity contribution is 0.0707. The van der Waals surface area contributed by atoms with Crippen LogP contribution in [0.15, 0.2) is 18.2 Å². The third-order valence-corrected chi connectivity index (χ3v) is 4.93. The van der Waals surface area contributed by atoms with E-state index in [2.05, 4.69) is 27.9 Å². The van der Waals surface area contributed by atoms with Crippen molar-refractivity contribution in [1.82, 2.24) is 10.2 Å². The Balaban J connectivity index is 2.05. The molecule has 18 heavy (non-hydrogen) atoms. The second kappa shape index (κ2) is 6.21. The number of piperidine rings is 1. The molecule has 0 radical (unpaired) electrons. The molecule has 0 aliphatic carbocycles. The molecule has 1 saturated heterocycles. The molecule has 5 heteroatoms. The Labute approximate surface area is 126 Å². The Morgan fingerprint density at radius 1 is 1.44 bits per heavy atom. The average molecular weight is 379 g/mol. The summed E-state index contributed by atoms with van der Waals surface area (Å²) in [7, 11) is 1.97. The van der Waals surface area contributed by atoms with E-state index < -0.39 is 0 Å². The number of amides is 1. The van der Waals surface area contributed by atoms with Crippen LogP contribution in [0.25, 0.3) is 0 Å². The van der Waals surface area contributed by atoms with Gasteiger partial charge in [-0.25, -0.2) is 0 Å². The van der Waals surface area contributed by atoms with Gasteiger partial charge in [0.1, 0.15) is 0 Å². The fourth-order valence-electron chi connectivity index (χ4n) is 2.18. The van der Waals surface area contributed by atoms with Crippen molar-refractivity contribution in [3.05, 3.63) is 32.4 Å². The molecular weight excluding hydrogens is 363 g/mol. The molecule has 1 aromatic rings. The second-order valence-electron chi connectivity index (χ2n) is 4.48. The fourth-order valence-corrected chi connectivity index (χ4v) is 2.70. The van der Waals surface area contributed by atoms with E-state index in [1.54, 1.807) is 6.07 Å². The largest absolute Gasteiger partial charge is 0.339 e. The smallest absolute Gasteiger partial charge is 0.253 e. The van der Waals surface area contributed by atoms with Gasteiger partial charge in [0.2, 0.25) is 0 Å². The normalized spacial score (nSPS) is 16.9. The van der Waals surface area contributed by atoms with Crippen LogP contribution in [0.3, 0.4) is 0 Å². The van der Waals surface area contributed by atoms with Gasteiger partial charge in [-0.2, -0.15) is 0 Å². The first-order valence-corrected chi connectivity index (χ1v) is 7.49. The maximum atomic E-state index is 12.3. The minimum absolute atomic E-state index is 0.0860. The third kappa shape index (κ3) is 3.16. The second-order valence-corrected chi connectivity index (χ2v) is 6.05. The van der Waals surface area contributed by atoms with Crippen molar-refractivity contribution in [3.63, 3.8) is 0 Å². The Kier molecular flexibility index (Phi) is 4.86. The number of hydrogen-bond acceptors (Lipinski definition) is 2. The van der Waals surface area contributed by atoms with Crippen LogP contribution < -0.4 is 5.32 Å². The number of halogens is 2. The molecule has 1 aromatic carbocycles. The highest BCUT2D eigenvalue weighted by Gasteiger charge is 2.22. The van der Waals surface area contributed by atoms with Crippen molar-refractivity contribution in [3.8, 4) is 0 Å². The molecule has 0 aromatic heterocycles. The van der Waals surface area contributed by atoms with E-state index in [1.807, 2.05) is 24.1 Å². The summed E-state index contributed by atoms with van der Waals surface area (Å²) in [5, 5.41) is 3.90. The summed E-state index contributed by atoms with van der Waals surface area (Å²) in [5.41, 5.74) is 0.684. The molecule has 3 nitrogen and oxygen atoms in total. The van der Waals surface area contributed by atoms with Crippen molar-refractivity contribution in [1.29, 1.82) is 0 Å². The zero-order valence-corrected chi connectivity index (χ0v) is 13.2. The van der Waals surface area contributed by atoms with E-state index in [-0.39, 0.29) is 5.91 Å². The van der Waals surface area contributed by atoms with E-state index >= 15 is 0 Å². The predicted octanol–water partition coefficient (Wildman–Crippen LogP) is 2.77. The first kappa shape index (κ1) is 14.1. The average Bonchev–Trinajstić information content (AvgIpc) is 2.41. The minimum Gasteiger partial charge on any atom is -0.339 e. The highest BCUT2D eigenvalue weighted by Crippen LogP contribution is 2.21. The topological polar surface area (TPSA) is 32.3 Å². The Hall–Kier alpha value is -0.330. The van der Waals surface area contributed by atoms with E-state index in [1.165, 1.54) is 0 Å². The van der Waals surface area contributed by atoms with Gasteiger partial charge in [0.15, 0.2) is 0 Å². The Bertz CT molecular complexity index is 445. The van der Waals surface area contributed by atoms with Gasteiger partial charge in [0.05, 0.1) is 5.02 Å². The van der Waals surface area contributed by atoms with Gasteiger partial charge in [-0.1, -0.05) is 11.6 Å². The Morgan fingerprint density at radius 3 is 2.67 bits per heavy atom. The van der Waals surface area contributed by atoms with Crippen LogP contribution in [0.2, 0.25) is 5.02 Å².